The predicted molar refractivity (Wildman–Crippen MR) is 65.9 cm³/mol. The number of hydrogen-bond donors (Lipinski definition) is 1. The molecule has 1 fully saturated rings. The fourth-order valence-corrected chi connectivity index (χ4v) is 2.79. The maximum absolute atomic E-state index is 11.8. The van der Waals surface area contributed by atoms with E-state index in [9.17, 15) is 4.79 Å². The molecule has 0 aliphatic heterocycles. The Morgan fingerprint density at radius 2 is 2.06 bits per heavy atom. The monoisotopic (exact) mass is 282 g/mol. The van der Waals surface area contributed by atoms with Crippen LogP contribution in [0.2, 0.25) is 0 Å². The van der Waals surface area contributed by atoms with Gasteiger partial charge in [-0.15, -0.1) is 0 Å². The highest BCUT2D eigenvalue weighted by atomic mass is 79.9. The minimum absolute atomic E-state index is 0.238. The van der Waals surface area contributed by atoms with E-state index in [4.69, 9.17) is 5.73 Å². The number of pyridine rings is 1. The smallest absolute Gasteiger partial charge is 0.229 e. The molecule has 4 heteroatoms. The first kappa shape index (κ1) is 11.6. The molecule has 0 atom stereocenters. The zero-order valence-corrected chi connectivity index (χ0v) is 10.7. The molecule has 0 bridgehead atoms. The third kappa shape index (κ3) is 1.98. The molecule has 86 valence electrons. The van der Waals surface area contributed by atoms with Gasteiger partial charge in [0.25, 0.3) is 0 Å². The van der Waals surface area contributed by atoms with Gasteiger partial charge in [0, 0.05) is 10.7 Å². The van der Waals surface area contributed by atoms with Crippen molar-refractivity contribution in [3.63, 3.8) is 0 Å². The predicted octanol–water partition coefficient (Wildman–Crippen LogP) is 2.53. The number of nitrogens with zero attached hydrogens (tertiary/aromatic N) is 1. The van der Waals surface area contributed by atoms with Crippen LogP contribution < -0.4 is 5.73 Å². The van der Waals surface area contributed by atoms with Crippen molar-refractivity contribution in [2.24, 2.45) is 5.73 Å². The molecule has 1 aromatic rings. The summed E-state index contributed by atoms with van der Waals surface area (Å²) in [6.45, 7) is 0. The number of nitrogens with two attached hydrogens (primary N) is 1. The standard InChI is InChI=1S/C12H15BrN2O/c13-9-4-7-15-10(8-9)12(11(14)16)5-2-1-3-6-12/h4,7-8H,1-3,5-6H2,(H2,14,16). The third-order valence-corrected chi connectivity index (χ3v) is 3.88. The maximum atomic E-state index is 11.8. The summed E-state index contributed by atoms with van der Waals surface area (Å²) in [5.74, 6) is -0.238. The van der Waals surface area contributed by atoms with Crippen LogP contribution >= 0.6 is 15.9 Å². The van der Waals surface area contributed by atoms with Gasteiger partial charge in [-0.3, -0.25) is 9.78 Å². The molecule has 16 heavy (non-hydrogen) atoms. The van der Waals surface area contributed by atoms with Gasteiger partial charge in [-0.25, -0.2) is 0 Å². The summed E-state index contributed by atoms with van der Waals surface area (Å²) in [5.41, 5.74) is 5.86. The van der Waals surface area contributed by atoms with Gasteiger partial charge in [-0.05, 0) is 25.0 Å². The zero-order chi connectivity index (χ0) is 11.6. The summed E-state index contributed by atoms with van der Waals surface area (Å²) in [4.78, 5) is 16.1. The van der Waals surface area contributed by atoms with Crippen molar-refractivity contribution in [3.05, 3.63) is 28.5 Å². The molecule has 2 N–H and O–H groups in total. The van der Waals surface area contributed by atoms with Gasteiger partial charge in [0.15, 0.2) is 0 Å². The van der Waals surface area contributed by atoms with Crippen LogP contribution in [0.4, 0.5) is 0 Å². The number of carbonyl (C=O) groups excluding carboxylic acids is 1. The summed E-state index contributed by atoms with van der Waals surface area (Å²) in [7, 11) is 0. The van der Waals surface area contributed by atoms with Crippen molar-refractivity contribution in [3.8, 4) is 0 Å². The minimum Gasteiger partial charge on any atom is -0.369 e. The Morgan fingerprint density at radius 1 is 1.38 bits per heavy atom. The Bertz CT molecular complexity index is 400. The molecule has 1 heterocycles. The highest BCUT2D eigenvalue weighted by Gasteiger charge is 2.40. The molecule has 1 amide bonds. The van der Waals surface area contributed by atoms with E-state index in [0.29, 0.717) is 0 Å². The average molecular weight is 283 g/mol. The molecule has 0 spiro atoms. The first-order valence-electron chi connectivity index (χ1n) is 5.57. The molecule has 1 aliphatic rings. The van der Waals surface area contributed by atoms with Crippen LogP contribution in [-0.4, -0.2) is 10.9 Å². The molecule has 0 unspecified atom stereocenters. The largest absolute Gasteiger partial charge is 0.369 e. The van der Waals surface area contributed by atoms with Gasteiger partial charge in [-0.2, -0.15) is 0 Å². The lowest BCUT2D eigenvalue weighted by atomic mass is 9.71. The molecular weight excluding hydrogens is 268 g/mol. The first-order valence-corrected chi connectivity index (χ1v) is 6.36. The van der Waals surface area contributed by atoms with E-state index in [1.54, 1.807) is 6.20 Å². The molecule has 0 saturated heterocycles. The van der Waals surface area contributed by atoms with Gasteiger partial charge in [-0.1, -0.05) is 35.2 Å². The summed E-state index contributed by atoms with van der Waals surface area (Å²) in [5, 5.41) is 0. The van der Waals surface area contributed by atoms with Crippen LogP contribution in [0.3, 0.4) is 0 Å². The molecule has 1 saturated carbocycles. The fraction of sp³-hybridized carbons (Fsp3) is 0.500. The van der Waals surface area contributed by atoms with E-state index in [1.165, 1.54) is 6.42 Å². The van der Waals surface area contributed by atoms with E-state index in [-0.39, 0.29) is 5.91 Å². The summed E-state index contributed by atoms with van der Waals surface area (Å²) < 4.78 is 0.948. The maximum Gasteiger partial charge on any atom is 0.229 e. The quantitative estimate of drug-likeness (QED) is 0.906. The number of carbonyl (C=O) groups is 1. The molecule has 3 nitrogen and oxygen atoms in total. The lowest BCUT2D eigenvalue weighted by Gasteiger charge is -2.33. The third-order valence-electron chi connectivity index (χ3n) is 3.39. The van der Waals surface area contributed by atoms with E-state index >= 15 is 0 Å². The molecule has 0 radical (unpaired) electrons. The van der Waals surface area contributed by atoms with Crippen molar-refractivity contribution in [2.75, 3.05) is 0 Å². The Labute approximate surface area is 104 Å². The van der Waals surface area contributed by atoms with Gasteiger partial charge in [0.05, 0.1) is 11.1 Å². The topological polar surface area (TPSA) is 56.0 Å². The van der Waals surface area contributed by atoms with Crippen LogP contribution in [0.25, 0.3) is 0 Å². The molecule has 0 aromatic carbocycles. The average Bonchev–Trinajstić information content (AvgIpc) is 2.30. The number of primary amides is 1. The SMILES string of the molecule is NC(=O)C1(c2cc(Br)ccn2)CCCCC1. The second-order valence-electron chi connectivity index (χ2n) is 4.37. The Kier molecular flexibility index (Phi) is 3.28. The molecule has 1 aromatic heterocycles. The normalized spacial score (nSPS) is 19.3. The van der Waals surface area contributed by atoms with E-state index < -0.39 is 5.41 Å². The van der Waals surface area contributed by atoms with Crippen LogP contribution in [-0.2, 0) is 10.2 Å². The summed E-state index contributed by atoms with van der Waals surface area (Å²) >= 11 is 3.41. The van der Waals surface area contributed by atoms with E-state index in [0.717, 1.165) is 35.8 Å². The van der Waals surface area contributed by atoms with Crippen molar-refractivity contribution < 1.29 is 4.79 Å². The number of aromatic nitrogens is 1. The van der Waals surface area contributed by atoms with Crippen LogP contribution in [0.5, 0.6) is 0 Å². The second-order valence-corrected chi connectivity index (χ2v) is 5.28. The summed E-state index contributed by atoms with van der Waals surface area (Å²) in [6.07, 6.45) is 6.66. The minimum atomic E-state index is -0.540. The Hall–Kier alpha value is -0.900. The zero-order valence-electron chi connectivity index (χ0n) is 9.08. The van der Waals surface area contributed by atoms with Crippen LogP contribution in [0, 0.1) is 0 Å². The van der Waals surface area contributed by atoms with Gasteiger partial charge < -0.3 is 5.73 Å². The van der Waals surface area contributed by atoms with Crippen molar-refractivity contribution in [1.29, 1.82) is 0 Å². The molecule has 2 rings (SSSR count). The van der Waals surface area contributed by atoms with E-state index in [2.05, 4.69) is 20.9 Å². The fourth-order valence-electron chi connectivity index (χ4n) is 2.45. The number of amides is 1. The lowest BCUT2D eigenvalue weighted by Crippen LogP contribution is -2.43. The lowest BCUT2D eigenvalue weighted by molar-refractivity contribution is -0.124. The molecular formula is C12H15BrN2O. The van der Waals surface area contributed by atoms with Crippen molar-refractivity contribution >= 4 is 21.8 Å². The van der Waals surface area contributed by atoms with E-state index in [1.807, 2.05) is 12.1 Å². The van der Waals surface area contributed by atoms with Gasteiger partial charge >= 0.3 is 0 Å². The number of hydrogen-bond acceptors (Lipinski definition) is 2. The highest BCUT2D eigenvalue weighted by molar-refractivity contribution is 9.10. The summed E-state index contributed by atoms with van der Waals surface area (Å²) in [6, 6.07) is 3.77. The Morgan fingerprint density at radius 3 is 2.62 bits per heavy atom. The second kappa shape index (κ2) is 4.53. The van der Waals surface area contributed by atoms with Crippen molar-refractivity contribution in [2.45, 2.75) is 37.5 Å². The first-order chi connectivity index (χ1) is 7.65. The molecule has 1 aliphatic carbocycles. The highest BCUT2D eigenvalue weighted by Crippen LogP contribution is 2.38. The van der Waals surface area contributed by atoms with Crippen molar-refractivity contribution in [1.82, 2.24) is 4.98 Å². The number of halogens is 1. The van der Waals surface area contributed by atoms with Gasteiger partial charge in [0.1, 0.15) is 0 Å². The number of rotatable bonds is 2. The van der Waals surface area contributed by atoms with Crippen LogP contribution in [0.15, 0.2) is 22.8 Å². The van der Waals surface area contributed by atoms with Gasteiger partial charge in [0.2, 0.25) is 5.91 Å². The Balaban J connectivity index is 2.42. The van der Waals surface area contributed by atoms with Crippen LogP contribution in [0.1, 0.15) is 37.8 Å².